The zero-order chi connectivity index (χ0) is 7.07. The molecule has 0 heterocycles. The van der Waals surface area contributed by atoms with Crippen LogP contribution in [0.4, 0.5) is 0 Å². The molecule has 1 atom stereocenters. The van der Waals surface area contributed by atoms with Gasteiger partial charge in [0, 0.05) is 0 Å². The van der Waals surface area contributed by atoms with Gasteiger partial charge in [-0.3, -0.25) is 5.14 Å². The molecule has 0 bridgehead atoms. The molecule has 3 heteroatoms. The highest BCUT2D eigenvalue weighted by atomic mass is 32.2. The van der Waals surface area contributed by atoms with Crippen molar-refractivity contribution in [3.63, 3.8) is 0 Å². The summed E-state index contributed by atoms with van der Waals surface area (Å²) in [5.41, 5.74) is 0. The van der Waals surface area contributed by atoms with Crippen LogP contribution in [0.2, 0.25) is 0 Å². The maximum Gasteiger partial charge on any atom is 0.0953 e. The Kier molecular flexibility index (Phi) is 1.65. The van der Waals surface area contributed by atoms with E-state index < -0.39 is 11.0 Å². The predicted octanol–water partition coefficient (Wildman–Crippen LogP) is 0.797. The molecule has 1 rings (SSSR count). The summed E-state index contributed by atoms with van der Waals surface area (Å²) < 4.78 is 10.9. The normalized spacial score (nSPS) is 26.2. The summed E-state index contributed by atoms with van der Waals surface area (Å²) in [6.07, 6.45) is 2.10. The van der Waals surface area contributed by atoms with Crippen molar-refractivity contribution in [2.45, 2.75) is 31.4 Å². The zero-order valence-electron chi connectivity index (χ0n) is 5.89. The smallest absolute Gasteiger partial charge is 0.0953 e. The van der Waals surface area contributed by atoms with Crippen LogP contribution >= 0.6 is 0 Å². The molecule has 0 aromatic rings. The molecule has 54 valence electrons. The first-order chi connectivity index (χ1) is 4.09. The largest absolute Gasteiger partial charge is 0.251 e. The molecule has 0 saturated heterocycles. The molecule has 0 aliphatic heterocycles. The van der Waals surface area contributed by atoms with E-state index in [-0.39, 0.29) is 4.75 Å². The Morgan fingerprint density at radius 3 is 2.00 bits per heavy atom. The maximum absolute atomic E-state index is 10.9. The molecule has 1 aliphatic carbocycles. The fourth-order valence-electron chi connectivity index (χ4n) is 1.13. The SMILES string of the molecule is CC(C)C1(S(N)=O)CC1. The number of rotatable bonds is 2. The van der Waals surface area contributed by atoms with E-state index in [0.29, 0.717) is 5.92 Å². The van der Waals surface area contributed by atoms with Crippen LogP contribution in [-0.2, 0) is 11.0 Å². The van der Waals surface area contributed by atoms with Gasteiger partial charge >= 0.3 is 0 Å². The molecular weight excluding hydrogens is 134 g/mol. The summed E-state index contributed by atoms with van der Waals surface area (Å²) in [6, 6.07) is 0. The van der Waals surface area contributed by atoms with E-state index in [2.05, 4.69) is 13.8 Å². The van der Waals surface area contributed by atoms with Crippen molar-refractivity contribution in [1.82, 2.24) is 0 Å². The zero-order valence-corrected chi connectivity index (χ0v) is 6.70. The fourth-order valence-corrected chi connectivity index (χ4v) is 2.10. The van der Waals surface area contributed by atoms with Crippen molar-refractivity contribution < 1.29 is 4.21 Å². The second-order valence-corrected chi connectivity index (χ2v) is 4.42. The Morgan fingerprint density at radius 1 is 1.56 bits per heavy atom. The summed E-state index contributed by atoms with van der Waals surface area (Å²) in [7, 11) is -1.09. The molecule has 1 unspecified atom stereocenters. The van der Waals surface area contributed by atoms with Gasteiger partial charge in [0.1, 0.15) is 0 Å². The summed E-state index contributed by atoms with van der Waals surface area (Å²) in [4.78, 5) is 0. The van der Waals surface area contributed by atoms with Crippen LogP contribution in [0.25, 0.3) is 0 Å². The van der Waals surface area contributed by atoms with Crippen LogP contribution in [0.1, 0.15) is 26.7 Å². The molecule has 0 spiro atoms. The highest BCUT2D eigenvalue weighted by molar-refractivity contribution is 7.84. The van der Waals surface area contributed by atoms with Crippen molar-refractivity contribution in [1.29, 1.82) is 0 Å². The third-order valence-corrected chi connectivity index (χ3v) is 3.88. The summed E-state index contributed by atoms with van der Waals surface area (Å²) in [6.45, 7) is 4.16. The molecule has 0 radical (unpaired) electrons. The minimum absolute atomic E-state index is 0. The quantitative estimate of drug-likeness (QED) is 0.616. The lowest BCUT2D eigenvalue weighted by molar-refractivity contribution is 0.573. The summed E-state index contributed by atoms with van der Waals surface area (Å²) in [5, 5.41) is 5.31. The van der Waals surface area contributed by atoms with Crippen molar-refractivity contribution in [2.75, 3.05) is 0 Å². The highest BCUT2D eigenvalue weighted by Crippen LogP contribution is 2.46. The average Bonchev–Trinajstić information content (AvgIpc) is 2.40. The van der Waals surface area contributed by atoms with Crippen LogP contribution in [0.3, 0.4) is 0 Å². The van der Waals surface area contributed by atoms with Crippen molar-refractivity contribution >= 4 is 11.0 Å². The van der Waals surface area contributed by atoms with Gasteiger partial charge in [0.25, 0.3) is 0 Å². The van der Waals surface area contributed by atoms with Crippen LogP contribution in [0, 0.1) is 5.92 Å². The molecule has 1 aliphatic rings. The van der Waals surface area contributed by atoms with Crippen LogP contribution in [-0.4, -0.2) is 8.96 Å². The molecule has 9 heavy (non-hydrogen) atoms. The second-order valence-electron chi connectivity index (χ2n) is 3.02. The van der Waals surface area contributed by atoms with E-state index in [1.165, 1.54) is 0 Å². The van der Waals surface area contributed by atoms with Gasteiger partial charge in [-0.15, -0.1) is 0 Å². The minimum Gasteiger partial charge on any atom is -0.251 e. The van der Waals surface area contributed by atoms with E-state index in [0.717, 1.165) is 12.8 Å². The summed E-state index contributed by atoms with van der Waals surface area (Å²) in [5.74, 6) is 0.475. The maximum atomic E-state index is 10.9. The van der Waals surface area contributed by atoms with E-state index in [1.807, 2.05) is 0 Å². The van der Waals surface area contributed by atoms with Gasteiger partial charge in [-0.1, -0.05) is 13.8 Å². The molecule has 0 aromatic carbocycles. The predicted molar refractivity (Wildman–Crippen MR) is 39.1 cm³/mol. The topological polar surface area (TPSA) is 43.1 Å². The second kappa shape index (κ2) is 2.06. The Balaban J connectivity index is 2.63. The van der Waals surface area contributed by atoms with Crippen LogP contribution < -0.4 is 5.14 Å². The van der Waals surface area contributed by atoms with Gasteiger partial charge in [0.15, 0.2) is 0 Å². The molecule has 1 saturated carbocycles. The van der Waals surface area contributed by atoms with Gasteiger partial charge in [0.05, 0.1) is 15.7 Å². The van der Waals surface area contributed by atoms with Crippen LogP contribution in [0.15, 0.2) is 0 Å². The molecule has 2 nitrogen and oxygen atoms in total. The third kappa shape index (κ3) is 1.03. The first kappa shape index (κ1) is 7.22. The Morgan fingerprint density at radius 2 is 2.00 bits per heavy atom. The van der Waals surface area contributed by atoms with Crippen LogP contribution in [0.5, 0.6) is 0 Å². The van der Waals surface area contributed by atoms with Gasteiger partial charge in [-0.25, -0.2) is 4.21 Å². The van der Waals surface area contributed by atoms with E-state index in [9.17, 15) is 4.21 Å². The van der Waals surface area contributed by atoms with Gasteiger partial charge < -0.3 is 0 Å². The number of hydrogen-bond acceptors (Lipinski definition) is 1. The summed E-state index contributed by atoms with van der Waals surface area (Å²) >= 11 is 0. The fraction of sp³-hybridized carbons (Fsp3) is 1.00. The van der Waals surface area contributed by atoms with Gasteiger partial charge in [-0.2, -0.15) is 0 Å². The monoisotopic (exact) mass is 147 g/mol. The van der Waals surface area contributed by atoms with Crippen molar-refractivity contribution in [2.24, 2.45) is 11.1 Å². The first-order valence-corrected chi connectivity index (χ1v) is 4.47. The molecule has 0 amide bonds. The van der Waals surface area contributed by atoms with Gasteiger partial charge in [-0.05, 0) is 18.8 Å². The molecular formula is C6H13NOS. The number of nitrogens with two attached hydrogens (primary N) is 1. The first-order valence-electron chi connectivity index (χ1n) is 3.26. The Hall–Kier alpha value is 0.110. The molecule has 1 fully saturated rings. The van der Waals surface area contributed by atoms with Crippen molar-refractivity contribution in [3.8, 4) is 0 Å². The van der Waals surface area contributed by atoms with Crippen molar-refractivity contribution in [3.05, 3.63) is 0 Å². The lowest BCUT2D eigenvalue weighted by atomic mass is 10.1. The van der Waals surface area contributed by atoms with E-state index >= 15 is 0 Å². The van der Waals surface area contributed by atoms with E-state index in [1.54, 1.807) is 0 Å². The Labute approximate surface area is 58.4 Å². The number of hydrogen-bond donors (Lipinski definition) is 1. The van der Waals surface area contributed by atoms with Gasteiger partial charge in [0.2, 0.25) is 0 Å². The Bertz CT molecular complexity index is 140. The molecule has 2 N–H and O–H groups in total. The standard InChI is InChI=1S/C6H13NOS/c1-5(2)6(3-4-6)9(7)8/h5H,3-4,7H2,1-2H3. The minimum atomic E-state index is -1.09. The third-order valence-electron chi connectivity index (χ3n) is 2.20. The average molecular weight is 147 g/mol. The van der Waals surface area contributed by atoms with E-state index in [4.69, 9.17) is 5.14 Å². The lowest BCUT2D eigenvalue weighted by Crippen LogP contribution is -2.28. The highest BCUT2D eigenvalue weighted by Gasteiger charge is 2.49. The molecule has 0 aromatic heterocycles. The lowest BCUT2D eigenvalue weighted by Gasteiger charge is -2.14.